The van der Waals surface area contributed by atoms with Gasteiger partial charge in [0.1, 0.15) is 5.60 Å². The summed E-state index contributed by atoms with van der Waals surface area (Å²) in [5.41, 5.74) is 1.30. The molecule has 0 aliphatic rings. The van der Waals surface area contributed by atoms with E-state index in [-0.39, 0.29) is 0 Å². The summed E-state index contributed by atoms with van der Waals surface area (Å²) in [5, 5.41) is 18.2. The summed E-state index contributed by atoms with van der Waals surface area (Å²) in [6, 6.07) is 10.2. The van der Waals surface area contributed by atoms with Crippen molar-refractivity contribution in [2.24, 2.45) is 0 Å². The fraction of sp³-hybridized carbons (Fsp3) is 0.267. The van der Waals surface area contributed by atoms with Gasteiger partial charge in [-0.3, -0.25) is 4.57 Å². The van der Waals surface area contributed by atoms with Gasteiger partial charge in [-0.1, -0.05) is 24.3 Å². The van der Waals surface area contributed by atoms with Gasteiger partial charge in [0.15, 0.2) is 0 Å². The second-order valence-electron chi connectivity index (χ2n) is 5.74. The molecule has 1 aromatic heterocycles. The minimum Gasteiger partial charge on any atom is -0.443 e. The quantitative estimate of drug-likeness (QED) is 0.823. The van der Waals surface area contributed by atoms with Crippen LogP contribution in [0.5, 0.6) is 0 Å². The topological polar surface area (TPSA) is 71.7 Å². The van der Waals surface area contributed by atoms with Crippen LogP contribution < -0.4 is 5.46 Å². The molecule has 5 nitrogen and oxygen atoms in total. The number of carbonyl (C=O) groups excluding carboxylic acids is 1. The van der Waals surface area contributed by atoms with Gasteiger partial charge in [0.05, 0.1) is 5.69 Å². The van der Waals surface area contributed by atoms with Crippen molar-refractivity contribution in [3.05, 3.63) is 42.6 Å². The van der Waals surface area contributed by atoms with Crippen molar-refractivity contribution in [2.75, 3.05) is 0 Å². The van der Waals surface area contributed by atoms with E-state index in [1.807, 2.05) is 20.8 Å². The minimum absolute atomic E-state index is 0.397. The number of aromatic nitrogens is 1. The lowest BCUT2D eigenvalue weighted by Crippen LogP contribution is -2.29. The molecular weight excluding hydrogens is 269 g/mol. The van der Waals surface area contributed by atoms with Gasteiger partial charge in [0.2, 0.25) is 0 Å². The summed E-state index contributed by atoms with van der Waals surface area (Å²) >= 11 is 0. The highest BCUT2D eigenvalue weighted by Gasteiger charge is 2.20. The first kappa shape index (κ1) is 15.3. The fourth-order valence-corrected chi connectivity index (χ4v) is 1.91. The molecule has 0 radical (unpaired) electrons. The first-order valence-electron chi connectivity index (χ1n) is 6.65. The van der Waals surface area contributed by atoms with Gasteiger partial charge in [-0.25, -0.2) is 4.79 Å². The van der Waals surface area contributed by atoms with E-state index in [4.69, 9.17) is 14.8 Å². The SMILES string of the molecule is CC(C)(C)OC(=O)n1cccc1-c1ccc(B(O)O)cc1. The maximum absolute atomic E-state index is 12.2. The number of rotatable bonds is 2. The van der Waals surface area contributed by atoms with Gasteiger partial charge in [-0.2, -0.15) is 0 Å². The number of nitrogens with zero attached hydrogens (tertiary/aromatic N) is 1. The zero-order chi connectivity index (χ0) is 15.6. The lowest BCUT2D eigenvalue weighted by atomic mass is 9.80. The van der Waals surface area contributed by atoms with Gasteiger partial charge in [-0.15, -0.1) is 0 Å². The van der Waals surface area contributed by atoms with E-state index in [0.29, 0.717) is 11.2 Å². The Hall–Kier alpha value is -2.05. The van der Waals surface area contributed by atoms with Crippen LogP contribution >= 0.6 is 0 Å². The Morgan fingerprint density at radius 2 is 1.76 bits per heavy atom. The smallest absolute Gasteiger partial charge is 0.443 e. The van der Waals surface area contributed by atoms with Crippen molar-refractivity contribution in [3.63, 3.8) is 0 Å². The van der Waals surface area contributed by atoms with Crippen LogP contribution in [0.4, 0.5) is 4.79 Å². The Kier molecular flexibility index (Phi) is 4.20. The van der Waals surface area contributed by atoms with E-state index < -0.39 is 18.8 Å². The molecule has 0 saturated heterocycles. The molecule has 0 saturated carbocycles. The average molecular weight is 287 g/mol. The third kappa shape index (κ3) is 3.74. The molecule has 2 rings (SSSR count). The molecule has 2 N–H and O–H groups in total. The van der Waals surface area contributed by atoms with Crippen LogP contribution in [0.1, 0.15) is 20.8 Å². The first-order valence-corrected chi connectivity index (χ1v) is 6.65. The van der Waals surface area contributed by atoms with E-state index in [0.717, 1.165) is 5.56 Å². The van der Waals surface area contributed by atoms with E-state index in [1.165, 1.54) is 4.57 Å². The second kappa shape index (κ2) is 5.75. The number of benzene rings is 1. The van der Waals surface area contributed by atoms with Gasteiger partial charge in [-0.05, 0) is 43.9 Å². The molecule has 0 aliphatic carbocycles. The van der Waals surface area contributed by atoms with Crippen LogP contribution in [0.25, 0.3) is 11.3 Å². The third-order valence-corrected chi connectivity index (χ3v) is 2.84. The molecule has 0 aliphatic heterocycles. The number of ether oxygens (including phenoxy) is 1. The maximum Gasteiger partial charge on any atom is 0.488 e. The predicted molar refractivity (Wildman–Crippen MR) is 81.3 cm³/mol. The molecule has 0 atom stereocenters. The highest BCUT2D eigenvalue weighted by molar-refractivity contribution is 6.58. The van der Waals surface area contributed by atoms with E-state index in [2.05, 4.69) is 0 Å². The molecule has 21 heavy (non-hydrogen) atoms. The van der Waals surface area contributed by atoms with Crippen molar-refractivity contribution < 1.29 is 19.6 Å². The summed E-state index contributed by atoms with van der Waals surface area (Å²) in [6.45, 7) is 5.43. The lowest BCUT2D eigenvalue weighted by Gasteiger charge is -2.20. The van der Waals surface area contributed by atoms with Crippen LogP contribution in [-0.2, 0) is 4.74 Å². The van der Waals surface area contributed by atoms with Crippen LogP contribution in [0.3, 0.4) is 0 Å². The summed E-state index contributed by atoms with van der Waals surface area (Å²) in [4.78, 5) is 12.2. The molecule has 1 aromatic carbocycles. The number of hydrogen-bond donors (Lipinski definition) is 2. The molecule has 0 unspecified atom stereocenters. The highest BCUT2D eigenvalue weighted by Crippen LogP contribution is 2.21. The summed E-state index contributed by atoms with van der Waals surface area (Å²) in [7, 11) is -1.50. The van der Waals surface area contributed by atoms with Crippen LogP contribution in [0.2, 0.25) is 0 Å². The minimum atomic E-state index is -1.50. The Balaban J connectivity index is 2.30. The predicted octanol–water partition coefficient (Wildman–Crippen LogP) is 1.62. The molecule has 110 valence electrons. The van der Waals surface area contributed by atoms with Crippen molar-refractivity contribution in [3.8, 4) is 11.3 Å². The second-order valence-corrected chi connectivity index (χ2v) is 5.74. The van der Waals surface area contributed by atoms with E-state index >= 15 is 0 Å². The van der Waals surface area contributed by atoms with Gasteiger partial charge < -0.3 is 14.8 Å². The van der Waals surface area contributed by atoms with Gasteiger partial charge >= 0.3 is 13.2 Å². The molecule has 2 aromatic rings. The average Bonchev–Trinajstić information content (AvgIpc) is 2.86. The highest BCUT2D eigenvalue weighted by atomic mass is 16.6. The third-order valence-electron chi connectivity index (χ3n) is 2.84. The van der Waals surface area contributed by atoms with Crippen LogP contribution in [0, 0.1) is 0 Å². The zero-order valence-electron chi connectivity index (χ0n) is 12.3. The van der Waals surface area contributed by atoms with Gasteiger partial charge in [0.25, 0.3) is 0 Å². The summed E-state index contributed by atoms with van der Waals surface area (Å²) in [5.74, 6) is 0. The monoisotopic (exact) mass is 287 g/mol. The van der Waals surface area contributed by atoms with Crippen molar-refractivity contribution >= 4 is 18.7 Å². The van der Waals surface area contributed by atoms with E-state index in [1.54, 1.807) is 42.6 Å². The van der Waals surface area contributed by atoms with Crippen molar-refractivity contribution in [2.45, 2.75) is 26.4 Å². The molecular formula is C15H18BNO4. The molecule has 6 heteroatoms. The maximum atomic E-state index is 12.2. The summed E-state index contributed by atoms with van der Waals surface area (Å²) in [6.07, 6.45) is 1.19. The van der Waals surface area contributed by atoms with Crippen LogP contribution in [-0.4, -0.2) is 33.4 Å². The normalized spacial score (nSPS) is 11.3. The Morgan fingerprint density at radius 1 is 1.14 bits per heavy atom. The number of carbonyl (C=O) groups is 1. The zero-order valence-corrected chi connectivity index (χ0v) is 12.3. The van der Waals surface area contributed by atoms with Crippen molar-refractivity contribution in [1.29, 1.82) is 0 Å². The molecule has 0 spiro atoms. The molecule has 0 fully saturated rings. The number of hydrogen-bond acceptors (Lipinski definition) is 4. The Morgan fingerprint density at radius 3 is 2.29 bits per heavy atom. The largest absolute Gasteiger partial charge is 0.488 e. The first-order chi connectivity index (χ1) is 9.78. The lowest BCUT2D eigenvalue weighted by molar-refractivity contribution is 0.0540. The molecule has 0 amide bonds. The Bertz CT molecular complexity index is 626. The van der Waals surface area contributed by atoms with Crippen LogP contribution in [0.15, 0.2) is 42.6 Å². The summed E-state index contributed by atoms with van der Waals surface area (Å²) < 4.78 is 6.78. The molecule has 1 heterocycles. The van der Waals surface area contributed by atoms with Crippen molar-refractivity contribution in [1.82, 2.24) is 4.57 Å². The Labute approximate surface area is 123 Å². The fourth-order valence-electron chi connectivity index (χ4n) is 1.91. The van der Waals surface area contributed by atoms with E-state index in [9.17, 15) is 4.79 Å². The standard InChI is InChI=1S/C15H18BNO4/c1-15(2,3)21-14(18)17-10-4-5-13(17)11-6-8-12(9-7-11)16(19)20/h4-10,19-20H,1-3H3. The molecule has 0 bridgehead atoms. The van der Waals surface area contributed by atoms with Gasteiger partial charge in [0, 0.05) is 6.20 Å².